The topological polar surface area (TPSA) is 32.3 Å². The van der Waals surface area contributed by atoms with E-state index in [2.05, 4.69) is 21.2 Å². The zero-order chi connectivity index (χ0) is 10.1. The van der Waals surface area contributed by atoms with Crippen LogP contribution >= 0.6 is 15.9 Å². The van der Waals surface area contributed by atoms with Crippen molar-refractivity contribution in [1.29, 1.82) is 0 Å². The van der Waals surface area contributed by atoms with E-state index >= 15 is 0 Å². The molecule has 1 aromatic rings. The van der Waals surface area contributed by atoms with Gasteiger partial charge in [0.2, 0.25) is 0 Å². The molecule has 1 atom stereocenters. The highest BCUT2D eigenvalue weighted by Gasteiger charge is 2.21. The number of hydrogen-bond donors (Lipinski definition) is 2. The van der Waals surface area contributed by atoms with Crippen molar-refractivity contribution in [3.63, 3.8) is 0 Å². The van der Waals surface area contributed by atoms with Gasteiger partial charge in [-0.05, 0) is 41.4 Å². The Hall–Kier alpha value is -0.610. The SMILES string of the molecule is Oc1c([C@@H]2CCCN2)ccc(Br)c1F. The van der Waals surface area contributed by atoms with Crippen LogP contribution in [0, 0.1) is 5.82 Å². The molecular weight excluding hydrogens is 249 g/mol. The second-order valence-electron chi connectivity index (χ2n) is 3.45. The Morgan fingerprint density at radius 2 is 2.29 bits per heavy atom. The molecule has 2 nitrogen and oxygen atoms in total. The molecule has 0 aromatic heterocycles. The molecule has 0 bridgehead atoms. The van der Waals surface area contributed by atoms with E-state index in [4.69, 9.17) is 0 Å². The minimum atomic E-state index is -0.573. The second-order valence-corrected chi connectivity index (χ2v) is 4.30. The van der Waals surface area contributed by atoms with Crippen LogP contribution in [0.1, 0.15) is 24.4 Å². The van der Waals surface area contributed by atoms with E-state index in [1.807, 2.05) is 0 Å². The lowest BCUT2D eigenvalue weighted by Crippen LogP contribution is -2.13. The third kappa shape index (κ3) is 1.64. The highest BCUT2D eigenvalue weighted by Crippen LogP contribution is 2.34. The Labute approximate surface area is 90.3 Å². The highest BCUT2D eigenvalue weighted by atomic mass is 79.9. The standard InChI is InChI=1S/C10H11BrFNO/c11-7-4-3-6(10(14)9(7)12)8-2-1-5-13-8/h3-4,8,13-14H,1-2,5H2/t8-/m0/s1. The highest BCUT2D eigenvalue weighted by molar-refractivity contribution is 9.10. The molecule has 1 aliphatic heterocycles. The molecule has 0 radical (unpaired) electrons. The summed E-state index contributed by atoms with van der Waals surface area (Å²) >= 11 is 3.03. The van der Waals surface area contributed by atoms with Gasteiger partial charge in [-0.1, -0.05) is 6.07 Å². The molecule has 0 unspecified atom stereocenters. The van der Waals surface area contributed by atoms with Gasteiger partial charge in [-0.3, -0.25) is 0 Å². The van der Waals surface area contributed by atoms with Gasteiger partial charge in [0.05, 0.1) is 4.47 Å². The molecule has 0 saturated carbocycles. The number of phenolic OH excluding ortho intramolecular Hbond substituents is 1. The first-order valence-corrected chi connectivity index (χ1v) is 5.39. The summed E-state index contributed by atoms with van der Waals surface area (Å²) in [5, 5.41) is 12.8. The summed E-state index contributed by atoms with van der Waals surface area (Å²) in [7, 11) is 0. The van der Waals surface area contributed by atoms with Crippen molar-refractivity contribution >= 4 is 15.9 Å². The fourth-order valence-electron chi connectivity index (χ4n) is 1.79. The second kappa shape index (κ2) is 3.87. The number of benzene rings is 1. The largest absolute Gasteiger partial charge is 0.505 e. The van der Waals surface area contributed by atoms with Gasteiger partial charge in [0, 0.05) is 11.6 Å². The number of rotatable bonds is 1. The number of halogens is 2. The summed E-state index contributed by atoms with van der Waals surface area (Å²) in [6, 6.07) is 3.48. The predicted octanol–water partition coefficient (Wildman–Crippen LogP) is 2.72. The van der Waals surface area contributed by atoms with Crippen LogP contribution in [-0.2, 0) is 0 Å². The zero-order valence-corrected chi connectivity index (χ0v) is 9.14. The molecule has 1 aromatic carbocycles. The fourth-order valence-corrected chi connectivity index (χ4v) is 2.11. The summed E-state index contributed by atoms with van der Waals surface area (Å²) < 4.78 is 13.6. The van der Waals surface area contributed by atoms with Gasteiger partial charge in [-0.2, -0.15) is 0 Å². The lowest BCUT2D eigenvalue weighted by atomic mass is 10.0. The Balaban J connectivity index is 2.38. The normalized spacial score (nSPS) is 21.4. The van der Waals surface area contributed by atoms with Crippen LogP contribution < -0.4 is 5.32 Å². The third-order valence-electron chi connectivity index (χ3n) is 2.54. The minimum absolute atomic E-state index is 0.0950. The molecule has 2 rings (SSSR count). The van der Waals surface area contributed by atoms with Crippen molar-refractivity contribution < 1.29 is 9.50 Å². The van der Waals surface area contributed by atoms with Gasteiger partial charge in [0.1, 0.15) is 0 Å². The molecule has 0 aliphatic carbocycles. The number of aromatic hydroxyl groups is 1. The van der Waals surface area contributed by atoms with Gasteiger partial charge in [0.25, 0.3) is 0 Å². The maximum atomic E-state index is 13.3. The van der Waals surface area contributed by atoms with Crippen LogP contribution in [0.2, 0.25) is 0 Å². The van der Waals surface area contributed by atoms with E-state index in [0.29, 0.717) is 10.0 Å². The molecule has 0 spiro atoms. The summed E-state index contributed by atoms with van der Waals surface area (Å²) in [5.74, 6) is -0.810. The number of hydrogen-bond acceptors (Lipinski definition) is 2. The first kappa shape index (κ1) is 9.93. The van der Waals surface area contributed by atoms with Gasteiger partial charge in [0.15, 0.2) is 11.6 Å². The van der Waals surface area contributed by atoms with E-state index in [1.54, 1.807) is 12.1 Å². The lowest BCUT2D eigenvalue weighted by Gasteiger charge is -2.13. The monoisotopic (exact) mass is 259 g/mol. The average Bonchev–Trinajstić information content (AvgIpc) is 2.67. The lowest BCUT2D eigenvalue weighted by molar-refractivity contribution is 0.415. The third-order valence-corrected chi connectivity index (χ3v) is 3.15. The van der Waals surface area contributed by atoms with Crippen LogP contribution in [0.5, 0.6) is 5.75 Å². The van der Waals surface area contributed by atoms with E-state index in [9.17, 15) is 9.50 Å². The van der Waals surface area contributed by atoms with Crippen molar-refractivity contribution in [2.75, 3.05) is 6.54 Å². The molecular formula is C10H11BrFNO. The van der Waals surface area contributed by atoms with Crippen LogP contribution in [-0.4, -0.2) is 11.7 Å². The first-order chi connectivity index (χ1) is 6.70. The fraction of sp³-hybridized carbons (Fsp3) is 0.400. The quantitative estimate of drug-likeness (QED) is 0.813. The van der Waals surface area contributed by atoms with E-state index in [1.165, 1.54) is 0 Å². The average molecular weight is 260 g/mol. The van der Waals surface area contributed by atoms with Crippen LogP contribution in [0.25, 0.3) is 0 Å². The van der Waals surface area contributed by atoms with Crippen LogP contribution in [0.4, 0.5) is 4.39 Å². The van der Waals surface area contributed by atoms with Crippen molar-refractivity contribution in [2.45, 2.75) is 18.9 Å². The molecule has 0 amide bonds. The predicted molar refractivity (Wildman–Crippen MR) is 55.7 cm³/mol. The summed E-state index contributed by atoms with van der Waals surface area (Å²) in [5.41, 5.74) is 0.656. The van der Waals surface area contributed by atoms with Crippen LogP contribution in [0.15, 0.2) is 16.6 Å². The molecule has 1 saturated heterocycles. The number of nitrogens with one attached hydrogen (secondary N) is 1. The van der Waals surface area contributed by atoms with Crippen molar-refractivity contribution in [1.82, 2.24) is 5.32 Å². The van der Waals surface area contributed by atoms with E-state index in [0.717, 1.165) is 19.4 Å². The first-order valence-electron chi connectivity index (χ1n) is 4.60. The molecule has 76 valence electrons. The Bertz CT molecular complexity index is 350. The van der Waals surface area contributed by atoms with Crippen molar-refractivity contribution in [2.24, 2.45) is 0 Å². The summed E-state index contributed by atoms with van der Waals surface area (Å²) in [6.45, 7) is 0.932. The smallest absolute Gasteiger partial charge is 0.179 e. The zero-order valence-electron chi connectivity index (χ0n) is 7.56. The van der Waals surface area contributed by atoms with Gasteiger partial charge >= 0.3 is 0 Å². The van der Waals surface area contributed by atoms with Crippen molar-refractivity contribution in [3.8, 4) is 5.75 Å². The molecule has 4 heteroatoms. The maximum absolute atomic E-state index is 13.3. The van der Waals surface area contributed by atoms with E-state index in [-0.39, 0.29) is 11.8 Å². The molecule has 1 heterocycles. The Kier molecular flexibility index (Phi) is 2.74. The molecule has 14 heavy (non-hydrogen) atoms. The maximum Gasteiger partial charge on any atom is 0.179 e. The minimum Gasteiger partial charge on any atom is -0.505 e. The Morgan fingerprint density at radius 3 is 2.93 bits per heavy atom. The van der Waals surface area contributed by atoms with E-state index < -0.39 is 5.82 Å². The van der Waals surface area contributed by atoms with Gasteiger partial charge in [-0.15, -0.1) is 0 Å². The van der Waals surface area contributed by atoms with Crippen molar-refractivity contribution in [3.05, 3.63) is 28.0 Å². The van der Waals surface area contributed by atoms with Gasteiger partial charge in [-0.25, -0.2) is 4.39 Å². The number of phenols is 1. The molecule has 1 aliphatic rings. The molecule has 2 N–H and O–H groups in total. The van der Waals surface area contributed by atoms with Gasteiger partial charge < -0.3 is 10.4 Å². The molecule has 1 fully saturated rings. The summed E-state index contributed by atoms with van der Waals surface area (Å²) in [4.78, 5) is 0. The Morgan fingerprint density at radius 1 is 1.50 bits per heavy atom. The summed E-state index contributed by atoms with van der Waals surface area (Å²) in [6.07, 6.45) is 2.02. The van der Waals surface area contributed by atoms with Crippen LogP contribution in [0.3, 0.4) is 0 Å².